The first-order valence-corrected chi connectivity index (χ1v) is 8.48. The largest absolute Gasteiger partial charge is 0.489 e. The van der Waals surface area contributed by atoms with Crippen molar-refractivity contribution in [3.05, 3.63) is 53.6 Å². The number of hydrogen-bond acceptors (Lipinski definition) is 3. The highest BCUT2D eigenvalue weighted by Crippen LogP contribution is 2.35. The average Bonchev–Trinajstić information content (AvgIpc) is 2.61. The number of rotatable bonds is 2. The molecule has 130 valence electrons. The van der Waals surface area contributed by atoms with Crippen LogP contribution in [0.5, 0.6) is 5.75 Å². The normalized spacial score (nSPS) is 23.0. The maximum atomic E-state index is 13.4. The third kappa shape index (κ3) is 3.29. The van der Waals surface area contributed by atoms with E-state index in [-0.39, 0.29) is 17.8 Å². The second-order valence-electron chi connectivity index (χ2n) is 6.63. The van der Waals surface area contributed by atoms with Crippen molar-refractivity contribution in [1.82, 2.24) is 0 Å². The number of Topliss-reactive ketones (excluding diaryl/α,β-unsaturated/α-hetero) is 1. The van der Waals surface area contributed by atoms with Gasteiger partial charge >= 0.3 is 0 Å². The standard InChI is InChI=1S/C20H18F2O3/c21-15-6-14(7-16(22)9-15)12-3-4-19-17(8-12)18(23)10-20(25-19)13-2-1-5-24-11-13/h3-4,6-9,13,20H,1-2,5,10-11H2/t13-,20-/m0/s1. The van der Waals surface area contributed by atoms with E-state index in [2.05, 4.69) is 0 Å². The van der Waals surface area contributed by atoms with Crippen molar-refractivity contribution >= 4 is 5.78 Å². The molecule has 3 nitrogen and oxygen atoms in total. The molecule has 0 radical (unpaired) electrons. The second-order valence-corrected chi connectivity index (χ2v) is 6.63. The van der Waals surface area contributed by atoms with Crippen LogP contribution < -0.4 is 4.74 Å². The Hall–Kier alpha value is -2.27. The molecule has 0 aliphatic carbocycles. The highest BCUT2D eigenvalue weighted by Gasteiger charge is 2.33. The first-order chi connectivity index (χ1) is 12.1. The molecule has 0 N–H and O–H groups in total. The van der Waals surface area contributed by atoms with Gasteiger partial charge in [-0.2, -0.15) is 0 Å². The first-order valence-electron chi connectivity index (χ1n) is 8.48. The van der Waals surface area contributed by atoms with Crippen LogP contribution in [0.3, 0.4) is 0 Å². The molecule has 2 aromatic rings. The molecule has 1 saturated heterocycles. The van der Waals surface area contributed by atoms with E-state index in [9.17, 15) is 13.6 Å². The van der Waals surface area contributed by atoms with Crippen LogP contribution in [0.2, 0.25) is 0 Å². The zero-order valence-corrected chi connectivity index (χ0v) is 13.6. The maximum Gasteiger partial charge on any atom is 0.170 e. The van der Waals surface area contributed by atoms with E-state index in [4.69, 9.17) is 9.47 Å². The fraction of sp³-hybridized carbons (Fsp3) is 0.350. The predicted molar refractivity (Wildman–Crippen MR) is 88.7 cm³/mol. The minimum Gasteiger partial charge on any atom is -0.489 e. The van der Waals surface area contributed by atoms with E-state index in [1.54, 1.807) is 18.2 Å². The molecular formula is C20H18F2O3. The quantitative estimate of drug-likeness (QED) is 0.810. The average molecular weight is 344 g/mol. The van der Waals surface area contributed by atoms with Gasteiger partial charge < -0.3 is 9.47 Å². The van der Waals surface area contributed by atoms with Crippen molar-refractivity contribution < 1.29 is 23.0 Å². The number of benzene rings is 2. The van der Waals surface area contributed by atoms with Gasteiger partial charge in [-0.15, -0.1) is 0 Å². The van der Waals surface area contributed by atoms with Gasteiger partial charge in [0.15, 0.2) is 5.78 Å². The SMILES string of the molecule is O=C1C[C@@H]([C@H]2CCCOC2)Oc2ccc(-c3cc(F)cc(F)c3)cc21. The van der Waals surface area contributed by atoms with Crippen molar-refractivity contribution in [3.8, 4) is 16.9 Å². The summed E-state index contributed by atoms with van der Waals surface area (Å²) in [4.78, 5) is 12.6. The Bertz CT molecular complexity index is 792. The van der Waals surface area contributed by atoms with E-state index < -0.39 is 11.6 Å². The van der Waals surface area contributed by atoms with Crippen molar-refractivity contribution in [1.29, 1.82) is 0 Å². The lowest BCUT2D eigenvalue weighted by Crippen LogP contribution is -2.38. The van der Waals surface area contributed by atoms with E-state index in [0.29, 0.717) is 35.5 Å². The summed E-state index contributed by atoms with van der Waals surface area (Å²) in [6.45, 7) is 1.38. The van der Waals surface area contributed by atoms with Gasteiger partial charge in [-0.25, -0.2) is 8.78 Å². The number of ketones is 1. The summed E-state index contributed by atoms with van der Waals surface area (Å²) in [5, 5.41) is 0. The Morgan fingerprint density at radius 3 is 2.52 bits per heavy atom. The molecular weight excluding hydrogens is 326 g/mol. The van der Waals surface area contributed by atoms with Gasteiger partial charge in [-0.05, 0) is 48.2 Å². The topological polar surface area (TPSA) is 35.5 Å². The van der Waals surface area contributed by atoms with E-state index in [1.165, 1.54) is 12.1 Å². The summed E-state index contributed by atoms with van der Waals surface area (Å²) in [7, 11) is 0. The third-order valence-corrected chi connectivity index (χ3v) is 4.86. The van der Waals surface area contributed by atoms with E-state index in [1.807, 2.05) is 0 Å². The molecule has 2 aliphatic rings. The van der Waals surface area contributed by atoms with Crippen LogP contribution in [0.4, 0.5) is 8.78 Å². The number of halogens is 2. The lowest BCUT2D eigenvalue weighted by Gasteiger charge is -2.33. The molecule has 0 amide bonds. The third-order valence-electron chi connectivity index (χ3n) is 4.86. The molecule has 0 bridgehead atoms. The summed E-state index contributed by atoms with van der Waals surface area (Å²) in [5.74, 6) is -0.536. The van der Waals surface area contributed by atoms with Gasteiger partial charge in [-0.1, -0.05) is 6.07 Å². The van der Waals surface area contributed by atoms with Crippen LogP contribution in [0.1, 0.15) is 29.6 Å². The van der Waals surface area contributed by atoms with Crippen molar-refractivity contribution in [2.45, 2.75) is 25.4 Å². The van der Waals surface area contributed by atoms with Crippen molar-refractivity contribution in [2.75, 3.05) is 13.2 Å². The molecule has 0 saturated carbocycles. The lowest BCUT2D eigenvalue weighted by molar-refractivity contribution is -0.00363. The Morgan fingerprint density at radius 2 is 1.80 bits per heavy atom. The Labute approximate surface area is 144 Å². The smallest absolute Gasteiger partial charge is 0.170 e. The monoisotopic (exact) mass is 344 g/mol. The molecule has 5 heteroatoms. The fourth-order valence-corrected chi connectivity index (χ4v) is 3.57. The van der Waals surface area contributed by atoms with Crippen LogP contribution in [-0.4, -0.2) is 25.1 Å². The number of carbonyl (C=O) groups is 1. The highest BCUT2D eigenvalue weighted by molar-refractivity contribution is 6.01. The number of fused-ring (bicyclic) bond motifs is 1. The molecule has 2 aliphatic heterocycles. The molecule has 0 aromatic heterocycles. The van der Waals surface area contributed by atoms with Gasteiger partial charge in [0.25, 0.3) is 0 Å². The van der Waals surface area contributed by atoms with Crippen LogP contribution in [0.15, 0.2) is 36.4 Å². The van der Waals surface area contributed by atoms with Gasteiger partial charge in [0.2, 0.25) is 0 Å². The molecule has 2 heterocycles. The van der Waals surface area contributed by atoms with Crippen LogP contribution in [0.25, 0.3) is 11.1 Å². The van der Waals surface area contributed by atoms with Crippen molar-refractivity contribution in [3.63, 3.8) is 0 Å². The number of carbonyl (C=O) groups excluding carboxylic acids is 1. The molecule has 4 rings (SSSR count). The van der Waals surface area contributed by atoms with Crippen molar-refractivity contribution in [2.24, 2.45) is 5.92 Å². The Kier molecular flexibility index (Phi) is 4.25. The first kappa shape index (κ1) is 16.2. The summed E-state index contributed by atoms with van der Waals surface area (Å²) in [5.41, 5.74) is 1.46. The molecule has 1 fully saturated rings. The summed E-state index contributed by atoms with van der Waals surface area (Å²) in [6.07, 6.45) is 2.11. The maximum absolute atomic E-state index is 13.4. The Morgan fingerprint density at radius 1 is 1.00 bits per heavy atom. The summed E-state index contributed by atoms with van der Waals surface area (Å²) >= 11 is 0. The van der Waals surface area contributed by atoms with Crippen LogP contribution in [-0.2, 0) is 4.74 Å². The predicted octanol–water partition coefficient (Wildman–Crippen LogP) is 4.39. The van der Waals surface area contributed by atoms with E-state index in [0.717, 1.165) is 25.5 Å². The summed E-state index contributed by atoms with van der Waals surface area (Å²) < 4.78 is 38.4. The molecule has 0 unspecified atom stereocenters. The number of ether oxygens (including phenoxy) is 2. The molecule has 2 aromatic carbocycles. The van der Waals surface area contributed by atoms with Crippen LogP contribution in [0, 0.1) is 17.6 Å². The molecule has 0 spiro atoms. The zero-order chi connectivity index (χ0) is 17.4. The molecule has 2 atom stereocenters. The van der Waals surface area contributed by atoms with Gasteiger partial charge in [0.05, 0.1) is 12.2 Å². The highest BCUT2D eigenvalue weighted by atomic mass is 19.1. The minimum absolute atomic E-state index is 0.00412. The van der Waals surface area contributed by atoms with Gasteiger partial charge in [0.1, 0.15) is 23.5 Å². The van der Waals surface area contributed by atoms with Gasteiger partial charge in [-0.3, -0.25) is 4.79 Å². The molecule has 25 heavy (non-hydrogen) atoms. The minimum atomic E-state index is -0.646. The zero-order valence-electron chi connectivity index (χ0n) is 13.6. The fourth-order valence-electron chi connectivity index (χ4n) is 3.57. The van der Waals surface area contributed by atoms with E-state index >= 15 is 0 Å². The summed E-state index contributed by atoms with van der Waals surface area (Å²) in [6, 6.07) is 8.41. The number of hydrogen-bond donors (Lipinski definition) is 0. The Balaban J connectivity index is 1.63. The lowest BCUT2D eigenvalue weighted by atomic mass is 9.88. The second kappa shape index (κ2) is 6.56. The van der Waals surface area contributed by atoms with Crippen LogP contribution >= 0.6 is 0 Å². The van der Waals surface area contributed by atoms with Gasteiger partial charge in [0, 0.05) is 25.0 Å².